The summed E-state index contributed by atoms with van der Waals surface area (Å²) in [5.74, 6) is 0.900. The van der Waals surface area contributed by atoms with E-state index in [4.69, 9.17) is 0 Å². The smallest absolute Gasteiger partial charge is 0.162 e. The zero-order valence-corrected chi connectivity index (χ0v) is 9.61. The third-order valence-corrected chi connectivity index (χ3v) is 3.06. The van der Waals surface area contributed by atoms with Gasteiger partial charge in [-0.1, -0.05) is 16.6 Å². The van der Waals surface area contributed by atoms with Crippen molar-refractivity contribution in [3.05, 3.63) is 29.6 Å². The molecule has 0 saturated carbocycles. The van der Waals surface area contributed by atoms with Crippen LogP contribution in [-0.4, -0.2) is 19.1 Å². The minimum absolute atomic E-state index is 0.850. The molecule has 5 heteroatoms. The molecule has 0 aliphatic rings. The first kappa shape index (κ1) is 9.47. The van der Waals surface area contributed by atoms with E-state index in [0.717, 1.165) is 29.1 Å². The lowest BCUT2D eigenvalue weighted by Gasteiger charge is -2.02. The molecule has 0 fully saturated rings. The molecule has 0 atom stereocenters. The van der Waals surface area contributed by atoms with Gasteiger partial charge >= 0.3 is 0 Å². The Morgan fingerprint density at radius 1 is 1.31 bits per heavy atom. The Balaban J connectivity index is 2.32. The molecule has 80 valence electrons. The van der Waals surface area contributed by atoms with E-state index in [1.165, 1.54) is 11.5 Å². The fourth-order valence-electron chi connectivity index (χ4n) is 1.85. The number of rotatable bonds is 2. The van der Waals surface area contributed by atoms with Crippen LogP contribution in [0.4, 0.5) is 0 Å². The van der Waals surface area contributed by atoms with Crippen LogP contribution in [-0.2, 0) is 6.54 Å². The summed E-state index contributed by atoms with van der Waals surface area (Å²) in [6, 6.07) is 8.12. The highest BCUT2D eigenvalue weighted by atomic mass is 32.1. The number of hydrogen-bond acceptors (Lipinski definition) is 4. The second kappa shape index (κ2) is 3.68. The van der Waals surface area contributed by atoms with Gasteiger partial charge in [0, 0.05) is 11.9 Å². The fourth-order valence-corrected chi connectivity index (χ4v) is 2.29. The Morgan fingerprint density at radius 2 is 2.19 bits per heavy atom. The Labute approximate surface area is 96.7 Å². The average Bonchev–Trinajstić information content (AvgIpc) is 2.95. The Hall–Kier alpha value is -1.75. The summed E-state index contributed by atoms with van der Waals surface area (Å²) in [6.45, 7) is 2.99. The van der Waals surface area contributed by atoms with E-state index in [1.54, 1.807) is 0 Å². The molecule has 0 unspecified atom stereocenters. The molecule has 0 N–H and O–H groups in total. The number of imidazole rings is 1. The fraction of sp³-hybridized carbons (Fsp3) is 0.182. The molecule has 2 heterocycles. The van der Waals surface area contributed by atoms with Gasteiger partial charge < -0.3 is 4.57 Å². The number of benzene rings is 1. The van der Waals surface area contributed by atoms with Gasteiger partial charge in [0.25, 0.3) is 0 Å². The third kappa shape index (κ3) is 1.32. The number of fused-ring (bicyclic) bond motifs is 1. The minimum Gasteiger partial charge on any atom is -0.323 e. The van der Waals surface area contributed by atoms with Gasteiger partial charge in [-0.15, -0.1) is 5.10 Å². The van der Waals surface area contributed by atoms with Gasteiger partial charge in [-0.25, -0.2) is 4.98 Å². The monoisotopic (exact) mass is 230 g/mol. The second-order valence-electron chi connectivity index (χ2n) is 3.46. The first-order valence-corrected chi connectivity index (χ1v) is 5.96. The molecule has 0 aliphatic heterocycles. The van der Waals surface area contributed by atoms with Crippen molar-refractivity contribution in [2.45, 2.75) is 13.5 Å². The van der Waals surface area contributed by atoms with Crippen LogP contribution >= 0.6 is 11.5 Å². The van der Waals surface area contributed by atoms with Crippen LogP contribution in [0.5, 0.6) is 0 Å². The zero-order valence-electron chi connectivity index (χ0n) is 8.79. The minimum atomic E-state index is 0.850. The number of para-hydroxylation sites is 2. The highest BCUT2D eigenvalue weighted by Gasteiger charge is 2.12. The van der Waals surface area contributed by atoms with Gasteiger partial charge in [0.2, 0.25) is 0 Å². The lowest BCUT2D eigenvalue weighted by Crippen LogP contribution is -1.97. The van der Waals surface area contributed by atoms with Crippen LogP contribution in [0.2, 0.25) is 0 Å². The van der Waals surface area contributed by atoms with Crippen molar-refractivity contribution in [3.8, 4) is 11.5 Å². The van der Waals surface area contributed by atoms with Crippen molar-refractivity contribution in [1.29, 1.82) is 0 Å². The van der Waals surface area contributed by atoms with Gasteiger partial charge in [-0.2, -0.15) is 0 Å². The second-order valence-corrected chi connectivity index (χ2v) is 4.07. The summed E-state index contributed by atoms with van der Waals surface area (Å²) >= 11 is 1.35. The molecule has 0 bridgehead atoms. The molecule has 1 aromatic carbocycles. The SMILES string of the molecule is CCn1c(-c2csnn2)nc2ccccc21. The lowest BCUT2D eigenvalue weighted by molar-refractivity contribution is 0.792. The van der Waals surface area contributed by atoms with E-state index in [1.807, 2.05) is 23.6 Å². The Bertz CT molecular complexity index is 612. The first-order valence-electron chi connectivity index (χ1n) is 5.13. The molecular weight excluding hydrogens is 220 g/mol. The third-order valence-electron chi connectivity index (χ3n) is 2.56. The van der Waals surface area contributed by atoms with Crippen LogP contribution in [0.3, 0.4) is 0 Å². The Kier molecular flexibility index (Phi) is 2.18. The largest absolute Gasteiger partial charge is 0.323 e. The molecule has 4 nitrogen and oxygen atoms in total. The van der Waals surface area contributed by atoms with E-state index < -0.39 is 0 Å². The van der Waals surface area contributed by atoms with Crippen LogP contribution in [0.15, 0.2) is 29.6 Å². The number of hydrogen-bond donors (Lipinski definition) is 0. The van der Waals surface area contributed by atoms with Crippen LogP contribution in [0.25, 0.3) is 22.6 Å². The quantitative estimate of drug-likeness (QED) is 0.679. The molecule has 3 rings (SSSR count). The summed E-state index contributed by atoms with van der Waals surface area (Å²) in [7, 11) is 0. The van der Waals surface area contributed by atoms with Crippen molar-refractivity contribution in [3.63, 3.8) is 0 Å². The van der Waals surface area contributed by atoms with Crippen molar-refractivity contribution in [2.24, 2.45) is 0 Å². The molecule has 0 saturated heterocycles. The molecule has 0 aliphatic carbocycles. The summed E-state index contributed by atoms with van der Waals surface area (Å²) in [5, 5.41) is 6.00. The normalized spacial score (nSPS) is 11.1. The van der Waals surface area contributed by atoms with Crippen LogP contribution < -0.4 is 0 Å². The maximum absolute atomic E-state index is 4.59. The molecule has 0 radical (unpaired) electrons. The van der Waals surface area contributed by atoms with Crippen molar-refractivity contribution in [2.75, 3.05) is 0 Å². The zero-order chi connectivity index (χ0) is 11.0. The summed E-state index contributed by atoms with van der Waals surface area (Å²) in [5.41, 5.74) is 3.00. The standard InChI is InChI=1S/C11H10N4S/c1-2-15-10-6-4-3-5-8(10)12-11(15)9-7-16-14-13-9/h3-7H,2H2,1H3. The van der Waals surface area contributed by atoms with Gasteiger partial charge in [0.1, 0.15) is 5.69 Å². The van der Waals surface area contributed by atoms with Crippen molar-refractivity contribution in [1.82, 2.24) is 19.1 Å². The maximum atomic E-state index is 4.59. The van der Waals surface area contributed by atoms with E-state index in [9.17, 15) is 0 Å². The number of aryl methyl sites for hydroxylation is 1. The highest BCUT2D eigenvalue weighted by molar-refractivity contribution is 7.03. The van der Waals surface area contributed by atoms with Gasteiger partial charge in [0.15, 0.2) is 5.82 Å². The highest BCUT2D eigenvalue weighted by Crippen LogP contribution is 2.23. The van der Waals surface area contributed by atoms with Crippen LogP contribution in [0, 0.1) is 0 Å². The van der Waals surface area contributed by atoms with E-state index in [2.05, 4.69) is 32.1 Å². The lowest BCUT2D eigenvalue weighted by atomic mass is 10.3. The molecule has 3 aromatic rings. The predicted molar refractivity (Wildman–Crippen MR) is 64.3 cm³/mol. The van der Waals surface area contributed by atoms with Crippen LogP contribution in [0.1, 0.15) is 6.92 Å². The van der Waals surface area contributed by atoms with Gasteiger partial charge in [-0.3, -0.25) is 0 Å². The van der Waals surface area contributed by atoms with E-state index in [0.29, 0.717) is 0 Å². The number of aromatic nitrogens is 4. The molecular formula is C11H10N4S. The van der Waals surface area contributed by atoms with Gasteiger partial charge in [-0.05, 0) is 30.6 Å². The molecule has 0 spiro atoms. The van der Waals surface area contributed by atoms with E-state index >= 15 is 0 Å². The predicted octanol–water partition coefficient (Wildman–Crippen LogP) is 2.57. The molecule has 0 amide bonds. The summed E-state index contributed by atoms with van der Waals surface area (Å²) in [6.07, 6.45) is 0. The molecule has 16 heavy (non-hydrogen) atoms. The van der Waals surface area contributed by atoms with Crippen molar-refractivity contribution < 1.29 is 0 Å². The topological polar surface area (TPSA) is 43.6 Å². The van der Waals surface area contributed by atoms with E-state index in [-0.39, 0.29) is 0 Å². The van der Waals surface area contributed by atoms with Crippen molar-refractivity contribution >= 4 is 22.6 Å². The number of nitrogens with zero attached hydrogens (tertiary/aromatic N) is 4. The Morgan fingerprint density at radius 3 is 2.94 bits per heavy atom. The average molecular weight is 230 g/mol. The maximum Gasteiger partial charge on any atom is 0.162 e. The summed E-state index contributed by atoms with van der Waals surface area (Å²) in [4.78, 5) is 4.59. The molecule has 2 aromatic heterocycles. The summed E-state index contributed by atoms with van der Waals surface area (Å²) < 4.78 is 6.04. The first-order chi connectivity index (χ1) is 7.90. The van der Waals surface area contributed by atoms with Gasteiger partial charge in [0.05, 0.1) is 11.0 Å².